The quantitative estimate of drug-likeness (QED) is 0.453. The Morgan fingerprint density at radius 1 is 1.14 bits per heavy atom. The highest BCUT2D eigenvalue weighted by Gasteiger charge is 2.23. The smallest absolute Gasteiger partial charge is 0.338 e. The van der Waals surface area contributed by atoms with Gasteiger partial charge in [-0.3, -0.25) is 14.9 Å². The number of nitrogens with zero attached hydrogens (tertiary/aromatic N) is 2. The van der Waals surface area contributed by atoms with E-state index in [-0.39, 0.29) is 11.3 Å². The van der Waals surface area contributed by atoms with Crippen LogP contribution in [0.15, 0.2) is 42.5 Å². The van der Waals surface area contributed by atoms with E-state index in [0.29, 0.717) is 11.4 Å². The fourth-order valence-corrected chi connectivity index (χ4v) is 3.33. The van der Waals surface area contributed by atoms with Crippen LogP contribution in [-0.4, -0.2) is 36.5 Å². The van der Waals surface area contributed by atoms with E-state index in [1.807, 2.05) is 17.9 Å². The molecule has 0 aromatic heterocycles. The fraction of sp³-hybridized carbons (Fsp3) is 0.333. The maximum Gasteiger partial charge on any atom is 0.338 e. The molecule has 0 bridgehead atoms. The summed E-state index contributed by atoms with van der Waals surface area (Å²) in [6.45, 7) is 2.93. The molecule has 0 atom stereocenters. The highest BCUT2D eigenvalue weighted by Crippen LogP contribution is 2.31. The average Bonchev–Trinajstić information content (AvgIpc) is 2.72. The first kappa shape index (κ1) is 20.3. The predicted octanol–water partition coefficient (Wildman–Crippen LogP) is 3.69. The first-order valence-corrected chi connectivity index (χ1v) is 9.51. The van der Waals surface area contributed by atoms with E-state index in [1.165, 1.54) is 12.1 Å². The molecule has 1 amide bonds. The second-order valence-electron chi connectivity index (χ2n) is 7.00. The van der Waals surface area contributed by atoms with Crippen LogP contribution in [0.4, 0.5) is 17.1 Å². The monoisotopic (exact) mass is 397 g/mol. The Morgan fingerprint density at radius 2 is 1.90 bits per heavy atom. The molecular weight excluding hydrogens is 374 g/mol. The van der Waals surface area contributed by atoms with Gasteiger partial charge in [-0.25, -0.2) is 4.79 Å². The van der Waals surface area contributed by atoms with Crippen molar-refractivity contribution in [3.63, 3.8) is 0 Å². The Kier molecular flexibility index (Phi) is 6.43. The lowest BCUT2D eigenvalue weighted by Gasteiger charge is -2.28. The van der Waals surface area contributed by atoms with Crippen molar-refractivity contribution < 1.29 is 19.2 Å². The van der Waals surface area contributed by atoms with Crippen molar-refractivity contribution in [3.05, 3.63) is 63.7 Å². The molecule has 152 valence electrons. The summed E-state index contributed by atoms with van der Waals surface area (Å²) in [4.78, 5) is 37.2. The van der Waals surface area contributed by atoms with E-state index in [2.05, 4.69) is 5.32 Å². The Labute approximate surface area is 168 Å². The van der Waals surface area contributed by atoms with Gasteiger partial charge < -0.3 is 15.0 Å². The molecule has 1 aliphatic rings. The minimum atomic E-state index is -0.780. The second-order valence-corrected chi connectivity index (χ2v) is 7.00. The second kappa shape index (κ2) is 9.18. The summed E-state index contributed by atoms with van der Waals surface area (Å²) in [6, 6.07) is 11.5. The molecule has 2 aromatic rings. The average molecular weight is 397 g/mol. The van der Waals surface area contributed by atoms with E-state index in [1.54, 1.807) is 24.3 Å². The molecule has 1 N–H and O–H groups in total. The fourth-order valence-electron chi connectivity index (χ4n) is 3.33. The Balaban J connectivity index is 1.64. The van der Waals surface area contributed by atoms with E-state index < -0.39 is 23.4 Å². The van der Waals surface area contributed by atoms with Crippen LogP contribution in [0.3, 0.4) is 0 Å². The normalized spacial score (nSPS) is 13.6. The number of esters is 1. The van der Waals surface area contributed by atoms with Gasteiger partial charge in [0, 0.05) is 24.8 Å². The molecule has 2 aromatic carbocycles. The number of benzene rings is 2. The van der Waals surface area contributed by atoms with E-state index in [9.17, 15) is 19.7 Å². The Bertz CT molecular complexity index is 922. The van der Waals surface area contributed by atoms with Gasteiger partial charge in [0.25, 0.3) is 11.6 Å². The molecule has 1 aliphatic heterocycles. The van der Waals surface area contributed by atoms with Crippen LogP contribution >= 0.6 is 0 Å². The predicted molar refractivity (Wildman–Crippen MR) is 109 cm³/mol. The number of piperidine rings is 1. The number of nitro benzene ring substituents is 1. The van der Waals surface area contributed by atoms with Gasteiger partial charge in [0.2, 0.25) is 0 Å². The third-order valence-corrected chi connectivity index (χ3v) is 4.74. The van der Waals surface area contributed by atoms with E-state index >= 15 is 0 Å². The topological polar surface area (TPSA) is 102 Å². The number of anilines is 2. The molecular formula is C21H23N3O5. The molecule has 3 rings (SSSR count). The SMILES string of the molecule is Cc1cccc(NC(=O)COC(=O)c2ccc(N3CCCCC3)c([N+](=O)[O-])c2)c1. The van der Waals surface area contributed by atoms with Gasteiger partial charge in [-0.05, 0) is 56.0 Å². The number of aryl methyl sites for hydroxylation is 1. The van der Waals surface area contributed by atoms with Gasteiger partial charge in [0.1, 0.15) is 5.69 Å². The number of ether oxygens (including phenoxy) is 1. The standard InChI is InChI=1S/C21H23N3O5/c1-15-6-5-7-17(12-15)22-20(25)14-29-21(26)16-8-9-18(19(13-16)24(27)28)23-10-3-2-4-11-23/h5-9,12-13H,2-4,10-11,14H2,1H3,(H,22,25). The molecule has 1 heterocycles. The van der Waals surface area contributed by atoms with Crippen LogP contribution < -0.4 is 10.2 Å². The number of nitrogens with one attached hydrogen (secondary N) is 1. The van der Waals surface area contributed by atoms with Crippen molar-refractivity contribution in [1.29, 1.82) is 0 Å². The number of carbonyl (C=O) groups is 2. The third kappa shape index (κ3) is 5.31. The van der Waals surface area contributed by atoms with Crippen LogP contribution in [0.1, 0.15) is 35.2 Å². The van der Waals surface area contributed by atoms with Crippen LogP contribution in [-0.2, 0) is 9.53 Å². The van der Waals surface area contributed by atoms with Gasteiger partial charge in [0.15, 0.2) is 6.61 Å². The number of hydrogen-bond acceptors (Lipinski definition) is 6. The van der Waals surface area contributed by atoms with Crippen LogP contribution in [0.2, 0.25) is 0 Å². The highest BCUT2D eigenvalue weighted by atomic mass is 16.6. The minimum Gasteiger partial charge on any atom is -0.452 e. The van der Waals surface area contributed by atoms with Crippen molar-refractivity contribution in [2.24, 2.45) is 0 Å². The molecule has 0 saturated carbocycles. The maximum atomic E-state index is 12.3. The zero-order valence-electron chi connectivity index (χ0n) is 16.2. The summed E-state index contributed by atoms with van der Waals surface area (Å²) in [5.41, 5.74) is 2.00. The minimum absolute atomic E-state index is 0.0424. The van der Waals surface area contributed by atoms with E-state index in [0.717, 1.165) is 37.9 Å². The number of nitro groups is 1. The Hall–Kier alpha value is -3.42. The molecule has 8 nitrogen and oxygen atoms in total. The van der Waals surface area contributed by atoms with Crippen LogP contribution in [0.5, 0.6) is 0 Å². The zero-order valence-corrected chi connectivity index (χ0v) is 16.2. The van der Waals surface area contributed by atoms with Crippen molar-refractivity contribution in [2.75, 3.05) is 29.9 Å². The molecule has 0 aliphatic carbocycles. The molecule has 0 spiro atoms. The van der Waals surface area contributed by atoms with E-state index in [4.69, 9.17) is 4.74 Å². The van der Waals surface area contributed by atoms with Crippen LogP contribution in [0.25, 0.3) is 0 Å². The molecule has 0 unspecified atom stereocenters. The molecule has 29 heavy (non-hydrogen) atoms. The van der Waals surface area contributed by atoms with Gasteiger partial charge in [-0.1, -0.05) is 12.1 Å². The number of carbonyl (C=O) groups excluding carboxylic acids is 2. The van der Waals surface area contributed by atoms with Crippen molar-refractivity contribution in [2.45, 2.75) is 26.2 Å². The van der Waals surface area contributed by atoms with Crippen LogP contribution in [0, 0.1) is 17.0 Å². The molecule has 1 fully saturated rings. The lowest BCUT2D eigenvalue weighted by atomic mass is 10.1. The van der Waals surface area contributed by atoms with Crippen molar-refractivity contribution in [3.8, 4) is 0 Å². The first-order valence-electron chi connectivity index (χ1n) is 9.51. The van der Waals surface area contributed by atoms with Gasteiger partial charge >= 0.3 is 5.97 Å². The summed E-state index contributed by atoms with van der Waals surface area (Å²) in [7, 11) is 0. The maximum absolute atomic E-state index is 12.3. The number of hydrogen-bond donors (Lipinski definition) is 1. The summed E-state index contributed by atoms with van der Waals surface area (Å²) in [6.07, 6.45) is 3.08. The molecule has 8 heteroatoms. The lowest BCUT2D eigenvalue weighted by Crippen LogP contribution is -2.30. The molecule has 0 radical (unpaired) electrons. The number of rotatable bonds is 6. The Morgan fingerprint density at radius 3 is 2.59 bits per heavy atom. The van der Waals surface area contributed by atoms with Crippen molar-refractivity contribution >= 4 is 28.9 Å². The zero-order chi connectivity index (χ0) is 20.8. The summed E-state index contributed by atoms with van der Waals surface area (Å²) in [5, 5.41) is 14.1. The van der Waals surface area contributed by atoms with Crippen molar-refractivity contribution in [1.82, 2.24) is 0 Å². The summed E-state index contributed by atoms with van der Waals surface area (Å²) in [5.74, 6) is -1.26. The third-order valence-electron chi connectivity index (χ3n) is 4.74. The van der Waals surface area contributed by atoms with Gasteiger partial charge in [0.05, 0.1) is 10.5 Å². The molecule has 1 saturated heterocycles. The summed E-state index contributed by atoms with van der Waals surface area (Å²) < 4.78 is 5.03. The highest BCUT2D eigenvalue weighted by molar-refractivity contribution is 5.96. The number of amides is 1. The first-order chi connectivity index (χ1) is 13.9. The van der Waals surface area contributed by atoms with Gasteiger partial charge in [-0.15, -0.1) is 0 Å². The largest absolute Gasteiger partial charge is 0.452 e. The summed E-state index contributed by atoms with van der Waals surface area (Å²) >= 11 is 0. The lowest BCUT2D eigenvalue weighted by molar-refractivity contribution is -0.384. The van der Waals surface area contributed by atoms with Gasteiger partial charge in [-0.2, -0.15) is 0 Å².